The van der Waals surface area contributed by atoms with Gasteiger partial charge in [-0.05, 0) is 25.0 Å². The predicted molar refractivity (Wildman–Crippen MR) is 82.4 cm³/mol. The molecule has 2 N–H and O–H groups in total. The van der Waals surface area contributed by atoms with Crippen molar-refractivity contribution in [2.75, 3.05) is 13.1 Å². The van der Waals surface area contributed by atoms with Gasteiger partial charge in [0, 0.05) is 30.6 Å². The first-order chi connectivity index (χ1) is 10.5. The van der Waals surface area contributed by atoms with Crippen LogP contribution < -0.4 is 5.73 Å². The first kappa shape index (κ1) is 14.9. The van der Waals surface area contributed by atoms with E-state index in [0.717, 1.165) is 5.39 Å². The monoisotopic (exact) mass is 319 g/mol. The first-order valence-electron chi connectivity index (χ1n) is 7.13. The molecule has 1 aromatic carbocycles. The maximum Gasteiger partial charge on any atom is 0.245 e. The van der Waals surface area contributed by atoms with Gasteiger partial charge in [0.25, 0.3) is 0 Å². The summed E-state index contributed by atoms with van der Waals surface area (Å²) in [6.45, 7) is 0.609. The fraction of sp³-hybridized carbons (Fsp3) is 0.333. The molecule has 0 saturated carbocycles. The lowest BCUT2D eigenvalue weighted by atomic mass is 9.98. The molecule has 0 radical (unpaired) electrons. The van der Waals surface area contributed by atoms with Crippen LogP contribution in [0.5, 0.6) is 0 Å². The van der Waals surface area contributed by atoms with Crippen LogP contribution in [-0.4, -0.2) is 36.7 Å². The van der Waals surface area contributed by atoms with Gasteiger partial charge in [-0.3, -0.25) is 9.78 Å². The van der Waals surface area contributed by atoms with Crippen molar-refractivity contribution in [3.8, 4) is 0 Å². The van der Waals surface area contributed by atoms with Crippen LogP contribution in [0.25, 0.3) is 10.9 Å². The smallest absolute Gasteiger partial charge is 0.245 e. The molecule has 2 aromatic rings. The third-order valence-electron chi connectivity index (χ3n) is 4.07. The highest BCUT2D eigenvalue weighted by atomic mass is 32.2. The Labute approximate surface area is 129 Å². The number of nitrogens with zero attached hydrogens (tertiary/aromatic N) is 2. The quantitative estimate of drug-likeness (QED) is 0.917. The number of sulfonamides is 1. The van der Waals surface area contributed by atoms with Crippen molar-refractivity contribution in [3.05, 3.63) is 36.5 Å². The fourth-order valence-electron chi connectivity index (χ4n) is 2.80. The minimum Gasteiger partial charge on any atom is -0.369 e. The number of amides is 1. The van der Waals surface area contributed by atoms with Crippen LogP contribution in [-0.2, 0) is 14.8 Å². The van der Waals surface area contributed by atoms with Crippen molar-refractivity contribution in [3.63, 3.8) is 0 Å². The Morgan fingerprint density at radius 2 is 1.86 bits per heavy atom. The summed E-state index contributed by atoms with van der Waals surface area (Å²) in [5, 5.41) is 0.788. The first-order valence-corrected chi connectivity index (χ1v) is 8.57. The summed E-state index contributed by atoms with van der Waals surface area (Å²) < 4.78 is 27.1. The number of carbonyl (C=O) groups is 1. The van der Waals surface area contributed by atoms with Gasteiger partial charge in [0.2, 0.25) is 15.9 Å². The molecule has 6 nitrogen and oxygen atoms in total. The molecule has 1 saturated heterocycles. The van der Waals surface area contributed by atoms with Gasteiger partial charge in [0.05, 0.1) is 5.52 Å². The van der Waals surface area contributed by atoms with E-state index in [1.54, 1.807) is 24.4 Å². The number of para-hydroxylation sites is 1. The number of fused-ring (bicyclic) bond motifs is 1. The fourth-order valence-corrected chi connectivity index (χ4v) is 4.44. The van der Waals surface area contributed by atoms with Crippen LogP contribution in [0, 0.1) is 5.92 Å². The largest absolute Gasteiger partial charge is 0.369 e. The highest BCUT2D eigenvalue weighted by Crippen LogP contribution is 2.27. The Hall–Kier alpha value is -1.99. The Kier molecular flexibility index (Phi) is 3.84. The molecule has 1 amide bonds. The third-order valence-corrected chi connectivity index (χ3v) is 6.00. The SMILES string of the molecule is NC(=O)C1CCN(S(=O)(=O)c2cccc3cccnc23)CC1. The maximum atomic E-state index is 12.8. The Morgan fingerprint density at radius 3 is 2.55 bits per heavy atom. The zero-order valence-corrected chi connectivity index (χ0v) is 12.8. The van der Waals surface area contributed by atoms with E-state index < -0.39 is 10.0 Å². The van der Waals surface area contributed by atoms with E-state index in [2.05, 4.69) is 4.98 Å². The molecule has 3 rings (SSSR count). The minimum absolute atomic E-state index is 0.211. The van der Waals surface area contributed by atoms with E-state index >= 15 is 0 Å². The van der Waals surface area contributed by atoms with Gasteiger partial charge in [0.1, 0.15) is 4.90 Å². The van der Waals surface area contributed by atoms with E-state index in [0.29, 0.717) is 31.4 Å². The van der Waals surface area contributed by atoms with Gasteiger partial charge in [-0.2, -0.15) is 4.31 Å². The number of nitrogens with two attached hydrogens (primary N) is 1. The molecule has 22 heavy (non-hydrogen) atoms. The van der Waals surface area contributed by atoms with E-state index in [9.17, 15) is 13.2 Å². The van der Waals surface area contributed by atoms with Gasteiger partial charge in [0.15, 0.2) is 0 Å². The van der Waals surface area contributed by atoms with E-state index in [1.807, 2.05) is 12.1 Å². The second kappa shape index (κ2) is 5.66. The molecule has 7 heteroatoms. The van der Waals surface area contributed by atoms with Gasteiger partial charge in [-0.25, -0.2) is 8.42 Å². The molecular formula is C15H17N3O3S. The summed E-state index contributed by atoms with van der Waals surface area (Å²) in [5.41, 5.74) is 5.76. The van der Waals surface area contributed by atoms with Gasteiger partial charge in [-0.1, -0.05) is 18.2 Å². The minimum atomic E-state index is -3.62. The zero-order chi connectivity index (χ0) is 15.7. The lowest BCUT2D eigenvalue weighted by Gasteiger charge is -2.29. The molecule has 116 valence electrons. The lowest BCUT2D eigenvalue weighted by molar-refractivity contribution is -0.122. The molecule has 1 fully saturated rings. The number of hydrogen-bond donors (Lipinski definition) is 1. The van der Waals surface area contributed by atoms with E-state index in [1.165, 1.54) is 4.31 Å². The highest BCUT2D eigenvalue weighted by Gasteiger charge is 2.32. The van der Waals surface area contributed by atoms with Crippen LogP contribution in [0.4, 0.5) is 0 Å². The second-order valence-corrected chi connectivity index (χ2v) is 7.32. The number of aromatic nitrogens is 1. The summed E-state index contributed by atoms with van der Waals surface area (Å²) in [4.78, 5) is 15.6. The van der Waals surface area contributed by atoms with Crippen molar-refractivity contribution in [2.24, 2.45) is 11.7 Å². The lowest BCUT2D eigenvalue weighted by Crippen LogP contribution is -2.41. The van der Waals surface area contributed by atoms with Gasteiger partial charge in [-0.15, -0.1) is 0 Å². The summed E-state index contributed by atoms with van der Waals surface area (Å²) in [7, 11) is -3.62. The molecule has 1 aromatic heterocycles. The van der Waals surface area contributed by atoms with Crippen LogP contribution in [0.3, 0.4) is 0 Å². The maximum absolute atomic E-state index is 12.8. The summed E-state index contributed by atoms with van der Waals surface area (Å²) in [6, 6.07) is 8.73. The standard InChI is InChI=1S/C15H17N3O3S/c16-15(19)12-6-9-18(10-7-12)22(20,21)13-5-1-3-11-4-2-8-17-14(11)13/h1-5,8,12H,6-7,9-10H2,(H2,16,19). The Balaban J connectivity index is 1.95. The third kappa shape index (κ3) is 2.57. The second-order valence-electron chi connectivity index (χ2n) is 5.41. The molecule has 0 bridgehead atoms. The Morgan fingerprint density at radius 1 is 1.18 bits per heavy atom. The molecular weight excluding hydrogens is 302 g/mol. The number of piperidine rings is 1. The van der Waals surface area contributed by atoms with Crippen LogP contribution in [0.15, 0.2) is 41.4 Å². The summed E-state index contributed by atoms with van der Waals surface area (Å²) in [5.74, 6) is -0.596. The summed E-state index contributed by atoms with van der Waals surface area (Å²) >= 11 is 0. The molecule has 1 aliphatic rings. The van der Waals surface area contributed by atoms with Gasteiger partial charge >= 0.3 is 0 Å². The average molecular weight is 319 g/mol. The van der Waals surface area contributed by atoms with Crippen molar-refractivity contribution in [1.82, 2.24) is 9.29 Å². The summed E-state index contributed by atoms with van der Waals surface area (Å²) in [6.07, 6.45) is 2.51. The van der Waals surface area contributed by atoms with Gasteiger partial charge < -0.3 is 5.73 Å². The average Bonchev–Trinajstić information content (AvgIpc) is 2.54. The van der Waals surface area contributed by atoms with Crippen LogP contribution >= 0.6 is 0 Å². The number of carbonyl (C=O) groups excluding carboxylic acids is 1. The molecule has 0 atom stereocenters. The normalized spacial score (nSPS) is 17.6. The number of pyridine rings is 1. The van der Waals surface area contributed by atoms with Crippen molar-refractivity contribution >= 4 is 26.8 Å². The topological polar surface area (TPSA) is 93.4 Å². The van der Waals surface area contributed by atoms with Crippen LogP contribution in [0.2, 0.25) is 0 Å². The molecule has 0 aliphatic carbocycles. The van der Waals surface area contributed by atoms with E-state index in [-0.39, 0.29) is 16.7 Å². The number of hydrogen-bond acceptors (Lipinski definition) is 4. The Bertz CT molecular complexity index is 806. The molecule has 0 spiro atoms. The predicted octanol–water partition coefficient (Wildman–Crippen LogP) is 1.12. The number of rotatable bonds is 3. The van der Waals surface area contributed by atoms with Crippen molar-refractivity contribution < 1.29 is 13.2 Å². The molecule has 0 unspecified atom stereocenters. The van der Waals surface area contributed by atoms with Crippen LogP contribution in [0.1, 0.15) is 12.8 Å². The highest BCUT2D eigenvalue weighted by molar-refractivity contribution is 7.89. The number of primary amides is 1. The van der Waals surface area contributed by atoms with Crippen molar-refractivity contribution in [1.29, 1.82) is 0 Å². The van der Waals surface area contributed by atoms with Crippen molar-refractivity contribution in [2.45, 2.75) is 17.7 Å². The molecule has 2 heterocycles. The van der Waals surface area contributed by atoms with E-state index in [4.69, 9.17) is 5.73 Å². The number of benzene rings is 1. The molecule has 1 aliphatic heterocycles. The zero-order valence-electron chi connectivity index (χ0n) is 12.0.